The van der Waals surface area contributed by atoms with E-state index in [0.717, 1.165) is 4.57 Å². The lowest BCUT2D eigenvalue weighted by Crippen LogP contribution is -2.37. The molecule has 0 atom stereocenters. The lowest BCUT2D eigenvalue weighted by atomic mass is 10.3. The Morgan fingerprint density at radius 2 is 1.85 bits per heavy atom. The highest BCUT2D eigenvalue weighted by atomic mass is 32.2. The van der Waals surface area contributed by atoms with Gasteiger partial charge in [-0.15, -0.1) is 11.8 Å². The second-order valence-corrected chi connectivity index (χ2v) is 6.80. The summed E-state index contributed by atoms with van der Waals surface area (Å²) < 4.78 is 7.43. The van der Waals surface area contributed by atoms with Crippen molar-refractivity contribution in [3.63, 3.8) is 0 Å². The van der Waals surface area contributed by atoms with Crippen LogP contribution in [0.25, 0.3) is 11.0 Å². The van der Waals surface area contributed by atoms with Crippen LogP contribution in [0.1, 0.15) is 0 Å². The number of aromatic nitrogens is 3. The molecule has 2 aromatic heterocycles. The number of thioether (sulfide) groups is 1. The van der Waals surface area contributed by atoms with Crippen molar-refractivity contribution < 1.29 is 9.53 Å². The van der Waals surface area contributed by atoms with Gasteiger partial charge in [0.05, 0.1) is 18.2 Å². The number of amides is 1. The largest absolute Gasteiger partial charge is 0.497 e. The SMILES string of the molecule is COc1ccc(NC(=O)CSc2ccnc3c2c(=O)n(C)c(=O)n3C)cc1. The van der Waals surface area contributed by atoms with Gasteiger partial charge in [0.15, 0.2) is 0 Å². The van der Waals surface area contributed by atoms with Crippen LogP contribution < -0.4 is 21.3 Å². The van der Waals surface area contributed by atoms with Gasteiger partial charge >= 0.3 is 5.69 Å². The molecule has 1 N–H and O–H groups in total. The van der Waals surface area contributed by atoms with Crippen LogP contribution in [0.4, 0.5) is 5.69 Å². The van der Waals surface area contributed by atoms with Gasteiger partial charge in [0.25, 0.3) is 5.56 Å². The van der Waals surface area contributed by atoms with E-state index >= 15 is 0 Å². The first-order valence-electron chi connectivity index (χ1n) is 8.04. The molecule has 3 aromatic rings. The van der Waals surface area contributed by atoms with Crippen molar-refractivity contribution >= 4 is 34.4 Å². The molecule has 3 rings (SSSR count). The number of benzene rings is 1. The molecule has 8 nitrogen and oxygen atoms in total. The molecule has 0 aliphatic rings. The molecule has 2 heterocycles. The number of rotatable bonds is 5. The summed E-state index contributed by atoms with van der Waals surface area (Å²) in [6.07, 6.45) is 1.52. The standard InChI is InChI=1S/C18H18N4O4S/c1-21-16-15(17(24)22(2)18(21)25)13(8-9-19-16)27-10-14(23)20-11-4-6-12(26-3)7-5-11/h4-9H,10H2,1-3H3,(H,20,23). The second kappa shape index (κ2) is 7.67. The Kier molecular flexibility index (Phi) is 5.31. The molecule has 140 valence electrons. The maximum atomic E-state index is 12.5. The number of nitrogens with zero attached hydrogens (tertiary/aromatic N) is 3. The summed E-state index contributed by atoms with van der Waals surface area (Å²) in [6.45, 7) is 0. The third-order valence-electron chi connectivity index (χ3n) is 4.04. The molecule has 1 aromatic carbocycles. The van der Waals surface area contributed by atoms with E-state index in [4.69, 9.17) is 4.74 Å². The molecule has 0 aliphatic heterocycles. The molecule has 9 heteroatoms. The normalized spacial score (nSPS) is 10.8. The summed E-state index contributed by atoms with van der Waals surface area (Å²) in [5.41, 5.74) is 0.0709. The highest BCUT2D eigenvalue weighted by Gasteiger charge is 2.14. The third-order valence-corrected chi connectivity index (χ3v) is 5.09. The van der Waals surface area contributed by atoms with Gasteiger partial charge < -0.3 is 10.1 Å². The number of anilines is 1. The van der Waals surface area contributed by atoms with Gasteiger partial charge in [-0.25, -0.2) is 9.78 Å². The van der Waals surface area contributed by atoms with Crippen LogP contribution in [0, 0.1) is 0 Å². The van der Waals surface area contributed by atoms with Crippen molar-refractivity contribution in [3.05, 3.63) is 57.4 Å². The fourth-order valence-corrected chi connectivity index (χ4v) is 3.43. The van der Waals surface area contributed by atoms with Crippen LogP contribution in [-0.4, -0.2) is 32.9 Å². The molecule has 1 amide bonds. The second-order valence-electron chi connectivity index (χ2n) is 5.78. The number of aryl methyl sites for hydroxylation is 1. The minimum absolute atomic E-state index is 0.108. The molecule has 27 heavy (non-hydrogen) atoms. The van der Waals surface area contributed by atoms with Crippen LogP contribution >= 0.6 is 11.8 Å². The van der Waals surface area contributed by atoms with Gasteiger partial charge in [0, 0.05) is 30.9 Å². The first kappa shape index (κ1) is 18.7. The quantitative estimate of drug-likeness (QED) is 0.666. The van der Waals surface area contributed by atoms with E-state index in [1.54, 1.807) is 44.5 Å². The monoisotopic (exact) mass is 386 g/mol. The van der Waals surface area contributed by atoms with Gasteiger partial charge in [-0.3, -0.25) is 18.7 Å². The average molecular weight is 386 g/mol. The third kappa shape index (κ3) is 3.72. The Hall–Kier alpha value is -3.07. The first-order chi connectivity index (χ1) is 12.9. The molecule has 0 fully saturated rings. The van der Waals surface area contributed by atoms with Crippen molar-refractivity contribution in [1.82, 2.24) is 14.1 Å². The Balaban J connectivity index is 1.81. The number of ether oxygens (including phenoxy) is 1. The first-order valence-corrected chi connectivity index (χ1v) is 9.02. The molecule has 0 saturated carbocycles. The van der Waals surface area contributed by atoms with E-state index in [1.807, 2.05) is 0 Å². The van der Waals surface area contributed by atoms with Gasteiger partial charge in [-0.1, -0.05) is 0 Å². The molecule has 0 aliphatic carbocycles. The van der Waals surface area contributed by atoms with Crippen LogP contribution in [-0.2, 0) is 18.9 Å². The van der Waals surface area contributed by atoms with Crippen LogP contribution in [0.15, 0.2) is 51.0 Å². The zero-order valence-corrected chi connectivity index (χ0v) is 15.9. The van der Waals surface area contributed by atoms with Crippen molar-refractivity contribution in [2.75, 3.05) is 18.2 Å². The van der Waals surface area contributed by atoms with E-state index in [1.165, 1.54) is 29.6 Å². The minimum atomic E-state index is -0.445. The number of hydrogen-bond acceptors (Lipinski definition) is 6. The highest BCUT2D eigenvalue weighted by Crippen LogP contribution is 2.24. The van der Waals surface area contributed by atoms with E-state index in [-0.39, 0.29) is 11.7 Å². The number of methoxy groups -OCH3 is 1. The zero-order valence-electron chi connectivity index (χ0n) is 15.1. The molecular weight excluding hydrogens is 368 g/mol. The van der Waals surface area contributed by atoms with Gasteiger partial charge in [0.2, 0.25) is 5.91 Å². The predicted octanol–water partition coefficient (Wildman–Crippen LogP) is 1.37. The fraction of sp³-hybridized carbons (Fsp3) is 0.222. The molecule has 0 bridgehead atoms. The lowest BCUT2D eigenvalue weighted by molar-refractivity contribution is -0.113. The van der Waals surface area contributed by atoms with Gasteiger partial charge in [-0.05, 0) is 30.3 Å². The van der Waals surface area contributed by atoms with Crippen molar-refractivity contribution in [3.8, 4) is 5.75 Å². The average Bonchev–Trinajstić information content (AvgIpc) is 2.69. The number of hydrogen-bond donors (Lipinski definition) is 1. The number of carbonyl (C=O) groups excluding carboxylic acids is 1. The van der Waals surface area contributed by atoms with Crippen molar-refractivity contribution in [2.24, 2.45) is 14.1 Å². The van der Waals surface area contributed by atoms with Crippen molar-refractivity contribution in [2.45, 2.75) is 4.90 Å². The summed E-state index contributed by atoms with van der Waals surface area (Å²) in [4.78, 5) is 41.5. The number of pyridine rings is 1. The fourth-order valence-electron chi connectivity index (χ4n) is 2.59. The number of carbonyl (C=O) groups is 1. The molecule has 0 radical (unpaired) electrons. The molecule has 0 saturated heterocycles. The van der Waals surface area contributed by atoms with Crippen LogP contribution in [0.5, 0.6) is 5.75 Å². The summed E-state index contributed by atoms with van der Waals surface area (Å²) >= 11 is 1.22. The maximum absolute atomic E-state index is 12.5. The zero-order chi connectivity index (χ0) is 19.6. The Labute approximate surface area is 158 Å². The molecule has 0 unspecified atom stereocenters. The summed E-state index contributed by atoms with van der Waals surface area (Å²) in [6, 6.07) is 8.66. The maximum Gasteiger partial charge on any atom is 0.332 e. The lowest BCUT2D eigenvalue weighted by Gasteiger charge is -2.10. The highest BCUT2D eigenvalue weighted by molar-refractivity contribution is 8.00. The Morgan fingerprint density at radius 1 is 1.15 bits per heavy atom. The van der Waals surface area contributed by atoms with E-state index in [9.17, 15) is 14.4 Å². The van der Waals surface area contributed by atoms with Crippen LogP contribution in [0.2, 0.25) is 0 Å². The predicted molar refractivity (Wildman–Crippen MR) is 105 cm³/mol. The van der Waals surface area contributed by atoms with E-state index in [0.29, 0.717) is 27.4 Å². The summed E-state index contributed by atoms with van der Waals surface area (Å²) in [5.74, 6) is 0.598. The molecular formula is C18H18N4O4S. The van der Waals surface area contributed by atoms with Gasteiger partial charge in [0.1, 0.15) is 11.4 Å². The van der Waals surface area contributed by atoms with E-state index < -0.39 is 11.2 Å². The summed E-state index contributed by atoms with van der Waals surface area (Å²) in [7, 11) is 4.55. The number of nitrogens with one attached hydrogen (secondary N) is 1. The van der Waals surface area contributed by atoms with Crippen LogP contribution in [0.3, 0.4) is 0 Å². The Morgan fingerprint density at radius 3 is 2.52 bits per heavy atom. The van der Waals surface area contributed by atoms with Gasteiger partial charge in [-0.2, -0.15) is 0 Å². The summed E-state index contributed by atoms with van der Waals surface area (Å²) in [5, 5.41) is 3.11. The number of fused-ring (bicyclic) bond motifs is 1. The smallest absolute Gasteiger partial charge is 0.332 e. The topological polar surface area (TPSA) is 95.2 Å². The van der Waals surface area contributed by atoms with E-state index in [2.05, 4.69) is 10.3 Å². The minimum Gasteiger partial charge on any atom is -0.497 e. The molecule has 0 spiro atoms. The Bertz CT molecular complexity index is 1120. The van der Waals surface area contributed by atoms with Crippen molar-refractivity contribution in [1.29, 1.82) is 0 Å².